The Morgan fingerprint density at radius 1 is 1.15 bits per heavy atom. The molecule has 4 aromatic rings. The first kappa shape index (κ1) is 24.0. The molecule has 4 rings (SSSR count). The molecule has 1 unspecified atom stereocenters. The number of nitrogens with zero attached hydrogens (tertiary/aromatic N) is 7. The molecule has 0 radical (unpaired) electrons. The molecule has 0 aliphatic heterocycles. The molecular weight excluding hydrogens is 550 g/mol. The van der Waals surface area contributed by atoms with Gasteiger partial charge in [-0.1, -0.05) is 11.6 Å². The summed E-state index contributed by atoms with van der Waals surface area (Å²) >= 11 is 9.00. The van der Waals surface area contributed by atoms with Crippen LogP contribution < -0.4 is 5.69 Å². The van der Waals surface area contributed by atoms with Crippen molar-refractivity contribution >= 4 is 27.5 Å². The predicted molar refractivity (Wildman–Crippen MR) is 115 cm³/mol. The molecule has 1 N–H and O–H groups in total. The SMILES string of the molecule is O=c1n(Cc2nc(Br)n(-c3ncccc3F)n2)nc(-c2ccc(Cl)cc2)n1CC(O)C(F)(F)F. The highest BCUT2D eigenvalue weighted by atomic mass is 79.9. The summed E-state index contributed by atoms with van der Waals surface area (Å²) in [5.41, 5.74) is -0.644. The molecule has 34 heavy (non-hydrogen) atoms. The molecule has 3 heterocycles. The van der Waals surface area contributed by atoms with E-state index in [1.54, 1.807) is 0 Å². The molecule has 1 aromatic carbocycles. The maximum absolute atomic E-state index is 14.1. The second-order valence-electron chi connectivity index (χ2n) is 6.96. The maximum Gasteiger partial charge on any atom is 0.416 e. The van der Waals surface area contributed by atoms with Gasteiger partial charge in [-0.15, -0.1) is 10.2 Å². The first-order chi connectivity index (χ1) is 16.0. The van der Waals surface area contributed by atoms with Crippen LogP contribution in [-0.2, 0) is 13.1 Å². The lowest BCUT2D eigenvalue weighted by atomic mass is 10.2. The summed E-state index contributed by atoms with van der Waals surface area (Å²) in [5, 5.41) is 18.1. The number of alkyl halides is 3. The number of hydrogen-bond donors (Lipinski definition) is 1. The summed E-state index contributed by atoms with van der Waals surface area (Å²) in [6.45, 7) is -1.43. The molecule has 0 bridgehead atoms. The van der Waals surface area contributed by atoms with E-state index in [4.69, 9.17) is 11.6 Å². The third-order valence-electron chi connectivity index (χ3n) is 4.60. The van der Waals surface area contributed by atoms with Crippen molar-refractivity contribution in [3.63, 3.8) is 0 Å². The summed E-state index contributed by atoms with van der Waals surface area (Å²) in [7, 11) is 0. The number of aliphatic hydroxyl groups excluding tert-OH is 1. The average molecular weight is 563 g/mol. The molecule has 9 nitrogen and oxygen atoms in total. The van der Waals surface area contributed by atoms with Crippen molar-refractivity contribution in [1.29, 1.82) is 0 Å². The predicted octanol–water partition coefficient (Wildman–Crippen LogP) is 3.21. The van der Waals surface area contributed by atoms with E-state index in [0.29, 0.717) is 15.2 Å². The average Bonchev–Trinajstić information content (AvgIpc) is 3.28. The Labute approximate surface area is 201 Å². The van der Waals surface area contributed by atoms with Crippen LogP contribution >= 0.6 is 27.5 Å². The highest BCUT2D eigenvalue weighted by molar-refractivity contribution is 9.10. The monoisotopic (exact) mass is 561 g/mol. The quantitative estimate of drug-likeness (QED) is 0.362. The van der Waals surface area contributed by atoms with Crippen LogP contribution in [0.25, 0.3) is 17.2 Å². The molecule has 0 saturated carbocycles. The highest BCUT2D eigenvalue weighted by Crippen LogP contribution is 2.24. The smallest absolute Gasteiger partial charge is 0.382 e. The van der Waals surface area contributed by atoms with E-state index < -0.39 is 30.3 Å². The lowest BCUT2D eigenvalue weighted by molar-refractivity contribution is -0.207. The van der Waals surface area contributed by atoms with Gasteiger partial charge < -0.3 is 5.11 Å². The fraction of sp³-hybridized carbons (Fsp3) is 0.211. The summed E-state index contributed by atoms with van der Waals surface area (Å²) in [5.74, 6) is -0.949. The lowest BCUT2D eigenvalue weighted by Gasteiger charge is -2.15. The molecule has 15 heteroatoms. The van der Waals surface area contributed by atoms with Crippen LogP contribution in [0.4, 0.5) is 17.6 Å². The van der Waals surface area contributed by atoms with Gasteiger partial charge in [0.1, 0.15) is 6.54 Å². The molecule has 0 fully saturated rings. The van der Waals surface area contributed by atoms with Gasteiger partial charge in [0, 0.05) is 16.8 Å². The Bertz CT molecular complexity index is 1380. The van der Waals surface area contributed by atoms with Gasteiger partial charge in [0.05, 0.1) is 6.54 Å². The zero-order valence-corrected chi connectivity index (χ0v) is 19.1. The van der Waals surface area contributed by atoms with E-state index in [1.807, 2.05) is 0 Å². The fourth-order valence-electron chi connectivity index (χ4n) is 3.00. The van der Waals surface area contributed by atoms with Crippen molar-refractivity contribution in [3.8, 4) is 17.2 Å². The third kappa shape index (κ3) is 4.88. The van der Waals surface area contributed by atoms with E-state index >= 15 is 0 Å². The van der Waals surface area contributed by atoms with Crippen LogP contribution in [0.3, 0.4) is 0 Å². The maximum atomic E-state index is 14.1. The van der Waals surface area contributed by atoms with Gasteiger partial charge in [-0.05, 0) is 52.3 Å². The summed E-state index contributed by atoms with van der Waals surface area (Å²) in [6, 6.07) is 8.47. The molecule has 0 amide bonds. The van der Waals surface area contributed by atoms with Crippen molar-refractivity contribution < 1.29 is 22.7 Å². The van der Waals surface area contributed by atoms with Crippen molar-refractivity contribution in [3.05, 3.63) is 74.5 Å². The molecule has 3 aromatic heterocycles. The second kappa shape index (κ2) is 9.27. The molecule has 0 aliphatic carbocycles. The number of halogens is 6. The number of hydrogen-bond acceptors (Lipinski definition) is 6. The van der Waals surface area contributed by atoms with E-state index in [2.05, 4.69) is 36.1 Å². The fourth-order valence-corrected chi connectivity index (χ4v) is 3.58. The van der Waals surface area contributed by atoms with E-state index in [0.717, 1.165) is 9.36 Å². The largest absolute Gasteiger partial charge is 0.416 e. The van der Waals surface area contributed by atoms with Crippen LogP contribution in [-0.4, -0.2) is 51.5 Å². The van der Waals surface area contributed by atoms with Crippen LogP contribution in [0, 0.1) is 5.82 Å². The Kier molecular flexibility index (Phi) is 6.55. The number of aromatic nitrogens is 7. The first-order valence-electron chi connectivity index (χ1n) is 9.45. The standard InChI is InChI=1S/C19H13BrClF4N7O2/c20-17-27-14(28-32(17)16-12(22)2-1-7-26-16)9-31-18(34)30(8-13(33)19(23,24)25)15(29-31)10-3-5-11(21)6-4-10/h1-7,13,33H,8-9H2. The number of aliphatic hydroxyl groups is 1. The van der Waals surface area contributed by atoms with Crippen molar-refractivity contribution in [1.82, 2.24) is 34.1 Å². The molecule has 0 spiro atoms. The Morgan fingerprint density at radius 2 is 1.85 bits per heavy atom. The van der Waals surface area contributed by atoms with Gasteiger partial charge in [-0.2, -0.15) is 17.9 Å². The minimum atomic E-state index is -4.95. The number of pyridine rings is 1. The minimum absolute atomic E-state index is 0.00250. The van der Waals surface area contributed by atoms with Crippen LogP contribution in [0.5, 0.6) is 0 Å². The van der Waals surface area contributed by atoms with E-state index in [-0.39, 0.29) is 28.7 Å². The van der Waals surface area contributed by atoms with Gasteiger partial charge in [-0.3, -0.25) is 4.57 Å². The van der Waals surface area contributed by atoms with Crippen molar-refractivity contribution in [2.24, 2.45) is 0 Å². The zero-order valence-electron chi connectivity index (χ0n) is 16.8. The third-order valence-corrected chi connectivity index (χ3v) is 5.37. The Balaban J connectivity index is 1.74. The van der Waals surface area contributed by atoms with Gasteiger partial charge >= 0.3 is 11.9 Å². The summed E-state index contributed by atoms with van der Waals surface area (Å²) in [4.78, 5) is 20.9. The number of benzene rings is 1. The summed E-state index contributed by atoms with van der Waals surface area (Å²) < 4.78 is 55.7. The molecular formula is C19H13BrClF4N7O2. The van der Waals surface area contributed by atoms with Crippen molar-refractivity contribution in [2.75, 3.05) is 0 Å². The Hall–Kier alpha value is -3.10. The second-order valence-corrected chi connectivity index (χ2v) is 8.10. The molecule has 0 aliphatic rings. The topological polar surface area (TPSA) is 104 Å². The Morgan fingerprint density at radius 3 is 2.50 bits per heavy atom. The normalized spacial score (nSPS) is 12.8. The first-order valence-corrected chi connectivity index (χ1v) is 10.6. The van der Waals surface area contributed by atoms with Gasteiger partial charge in [0.25, 0.3) is 0 Å². The minimum Gasteiger partial charge on any atom is -0.382 e. The molecule has 0 saturated heterocycles. The number of rotatable bonds is 6. The van der Waals surface area contributed by atoms with Crippen molar-refractivity contribution in [2.45, 2.75) is 25.4 Å². The van der Waals surface area contributed by atoms with Crippen LogP contribution in [0.15, 0.2) is 52.1 Å². The van der Waals surface area contributed by atoms with E-state index in [1.165, 1.54) is 42.6 Å². The van der Waals surface area contributed by atoms with Crippen LogP contribution in [0.1, 0.15) is 5.82 Å². The highest BCUT2D eigenvalue weighted by Gasteiger charge is 2.39. The lowest BCUT2D eigenvalue weighted by Crippen LogP contribution is -2.37. The van der Waals surface area contributed by atoms with Gasteiger partial charge in [0.15, 0.2) is 29.4 Å². The molecule has 178 valence electrons. The van der Waals surface area contributed by atoms with E-state index in [9.17, 15) is 27.5 Å². The van der Waals surface area contributed by atoms with Crippen LogP contribution in [0.2, 0.25) is 5.02 Å². The van der Waals surface area contributed by atoms with Gasteiger partial charge in [-0.25, -0.2) is 23.8 Å². The summed E-state index contributed by atoms with van der Waals surface area (Å²) in [6.07, 6.45) is -6.40. The molecule has 1 atom stereocenters. The zero-order chi connectivity index (χ0) is 24.6. The van der Waals surface area contributed by atoms with Gasteiger partial charge in [0.2, 0.25) is 4.73 Å².